The lowest BCUT2D eigenvalue weighted by Gasteiger charge is -2.23. The smallest absolute Gasteiger partial charge is 0.319 e. The molecule has 0 bridgehead atoms. The maximum Gasteiger partial charge on any atom is 0.319 e. The molecule has 8 heteroatoms. The van der Waals surface area contributed by atoms with Gasteiger partial charge in [-0.15, -0.1) is 11.3 Å². The van der Waals surface area contributed by atoms with Gasteiger partial charge in [-0.25, -0.2) is 4.79 Å². The van der Waals surface area contributed by atoms with Crippen LogP contribution < -0.4 is 16.0 Å². The molecular weight excluding hydrogens is 376 g/mol. The normalized spacial score (nSPS) is 17.3. The average molecular weight is 403 g/mol. The number of carbonyl (C=O) groups is 2. The molecule has 3 amide bonds. The van der Waals surface area contributed by atoms with Gasteiger partial charge in [0.25, 0.3) is 5.91 Å². The molecule has 0 radical (unpaired) electrons. The molecule has 1 aromatic carbocycles. The Balaban J connectivity index is 1.48. The molecule has 7 nitrogen and oxygen atoms in total. The molecule has 3 N–H and O–H groups in total. The quantitative estimate of drug-likeness (QED) is 0.664. The lowest BCUT2D eigenvalue weighted by Crippen LogP contribution is -2.36. The highest BCUT2D eigenvalue weighted by Gasteiger charge is 2.23. The van der Waals surface area contributed by atoms with Crippen LogP contribution in [0.15, 0.2) is 41.8 Å². The van der Waals surface area contributed by atoms with E-state index >= 15 is 0 Å². The van der Waals surface area contributed by atoms with Gasteiger partial charge in [-0.05, 0) is 62.6 Å². The second-order valence-electron chi connectivity index (χ2n) is 6.90. The molecule has 0 spiro atoms. The standard InChI is InChI=1S/C20H26N4O3S/c1-24(2)16(18-6-4-12-28-18)13-21-20(26)23-15-9-7-14(8-10-15)22-19(25)17-5-3-11-27-17/h4,6-10,12,16-17H,3,5,11,13H2,1-2H3,(H,22,25)(H2,21,23,26)/t16-,17+/m1/s1. The first-order valence-corrected chi connectivity index (χ1v) is 10.2. The van der Waals surface area contributed by atoms with Crippen LogP contribution in [0.25, 0.3) is 0 Å². The van der Waals surface area contributed by atoms with Gasteiger partial charge in [0, 0.05) is 29.4 Å². The predicted molar refractivity (Wildman–Crippen MR) is 112 cm³/mol. The summed E-state index contributed by atoms with van der Waals surface area (Å²) in [5.41, 5.74) is 1.34. The summed E-state index contributed by atoms with van der Waals surface area (Å²) in [4.78, 5) is 27.6. The fourth-order valence-corrected chi connectivity index (χ4v) is 3.95. The number of carbonyl (C=O) groups excluding carboxylic acids is 2. The minimum atomic E-state index is -0.364. The van der Waals surface area contributed by atoms with E-state index < -0.39 is 0 Å². The molecule has 150 valence electrons. The zero-order chi connectivity index (χ0) is 19.9. The van der Waals surface area contributed by atoms with Gasteiger partial charge < -0.3 is 25.6 Å². The predicted octanol–water partition coefficient (Wildman–Crippen LogP) is 3.29. The molecule has 0 unspecified atom stereocenters. The molecule has 3 rings (SSSR count). The SMILES string of the molecule is CN(C)[C@H](CNC(=O)Nc1ccc(NC(=O)[C@@H]2CCCO2)cc1)c1cccs1. The van der Waals surface area contributed by atoms with Crippen molar-refractivity contribution in [1.29, 1.82) is 0 Å². The molecule has 2 heterocycles. The average Bonchev–Trinajstić information content (AvgIpc) is 3.37. The third kappa shape index (κ3) is 5.54. The highest BCUT2D eigenvalue weighted by molar-refractivity contribution is 7.10. The van der Waals surface area contributed by atoms with Crippen LogP contribution in [0.5, 0.6) is 0 Å². The fraction of sp³-hybridized carbons (Fsp3) is 0.400. The van der Waals surface area contributed by atoms with Crippen LogP contribution in [-0.4, -0.2) is 50.2 Å². The molecule has 1 saturated heterocycles. The van der Waals surface area contributed by atoms with Crippen molar-refractivity contribution >= 4 is 34.6 Å². The second-order valence-corrected chi connectivity index (χ2v) is 7.88. The van der Waals surface area contributed by atoms with Gasteiger partial charge in [-0.3, -0.25) is 4.79 Å². The van der Waals surface area contributed by atoms with Crippen LogP contribution in [0.4, 0.5) is 16.2 Å². The molecule has 28 heavy (non-hydrogen) atoms. The highest BCUT2D eigenvalue weighted by atomic mass is 32.1. The largest absolute Gasteiger partial charge is 0.368 e. The summed E-state index contributed by atoms with van der Waals surface area (Å²) in [5, 5.41) is 10.6. The van der Waals surface area contributed by atoms with E-state index in [0.717, 1.165) is 12.8 Å². The van der Waals surface area contributed by atoms with Crippen LogP contribution in [0.2, 0.25) is 0 Å². The van der Waals surface area contributed by atoms with Gasteiger partial charge in [0.05, 0.1) is 6.04 Å². The summed E-state index contributed by atoms with van der Waals surface area (Å²) in [7, 11) is 3.99. The van der Waals surface area contributed by atoms with Gasteiger partial charge in [0.2, 0.25) is 0 Å². The van der Waals surface area contributed by atoms with Gasteiger partial charge >= 0.3 is 6.03 Å². The van der Waals surface area contributed by atoms with E-state index in [-0.39, 0.29) is 24.1 Å². The van der Waals surface area contributed by atoms with Crippen LogP contribution in [0, 0.1) is 0 Å². The summed E-state index contributed by atoms with van der Waals surface area (Å²) in [6.07, 6.45) is 1.30. The highest BCUT2D eigenvalue weighted by Crippen LogP contribution is 2.22. The number of rotatable bonds is 7. The van der Waals surface area contributed by atoms with Crippen molar-refractivity contribution in [3.8, 4) is 0 Å². The van der Waals surface area contributed by atoms with E-state index in [2.05, 4.69) is 26.9 Å². The zero-order valence-corrected chi connectivity index (χ0v) is 16.9. The van der Waals surface area contributed by atoms with Crippen LogP contribution in [0.1, 0.15) is 23.8 Å². The number of ether oxygens (including phenoxy) is 1. The minimum Gasteiger partial charge on any atom is -0.368 e. The second kappa shape index (κ2) is 9.68. The number of hydrogen-bond acceptors (Lipinski definition) is 5. The molecule has 1 fully saturated rings. The van der Waals surface area contributed by atoms with Gasteiger partial charge in [0.15, 0.2) is 0 Å². The van der Waals surface area contributed by atoms with Gasteiger partial charge in [0.1, 0.15) is 6.10 Å². The molecule has 0 aliphatic carbocycles. The molecule has 1 aliphatic heterocycles. The summed E-state index contributed by atoms with van der Waals surface area (Å²) in [6.45, 7) is 1.14. The summed E-state index contributed by atoms with van der Waals surface area (Å²) >= 11 is 1.67. The van der Waals surface area contributed by atoms with Crippen LogP contribution in [0.3, 0.4) is 0 Å². The molecule has 1 aliphatic rings. The van der Waals surface area contributed by atoms with Crippen molar-refractivity contribution in [2.24, 2.45) is 0 Å². The first kappa shape index (κ1) is 20.3. The summed E-state index contributed by atoms with van der Waals surface area (Å²) < 4.78 is 5.37. The van der Waals surface area contributed by atoms with Crippen molar-refractivity contribution in [1.82, 2.24) is 10.2 Å². The molecule has 0 saturated carbocycles. The number of thiophene rings is 1. The first-order chi connectivity index (χ1) is 13.5. The maximum atomic E-state index is 12.2. The van der Waals surface area contributed by atoms with Crippen molar-refractivity contribution in [3.05, 3.63) is 46.7 Å². The van der Waals surface area contributed by atoms with E-state index in [4.69, 9.17) is 4.74 Å². The van der Waals surface area contributed by atoms with Crippen LogP contribution in [-0.2, 0) is 9.53 Å². The Bertz CT molecular complexity index is 771. The molecule has 2 atom stereocenters. The molecular formula is C20H26N4O3S. The number of nitrogens with one attached hydrogen (secondary N) is 3. The summed E-state index contributed by atoms with van der Waals surface area (Å²) in [6, 6.07) is 11.0. The van der Waals surface area contributed by atoms with E-state index in [1.165, 1.54) is 4.88 Å². The number of nitrogens with zero attached hydrogens (tertiary/aromatic N) is 1. The Morgan fingerprint density at radius 3 is 2.46 bits per heavy atom. The lowest BCUT2D eigenvalue weighted by molar-refractivity contribution is -0.124. The van der Waals surface area contributed by atoms with Gasteiger partial charge in [-0.1, -0.05) is 6.07 Å². The minimum absolute atomic E-state index is 0.126. The topological polar surface area (TPSA) is 82.7 Å². The number of anilines is 2. The maximum absolute atomic E-state index is 12.2. The number of benzene rings is 1. The van der Waals surface area contributed by atoms with E-state index in [1.807, 2.05) is 25.5 Å². The zero-order valence-electron chi connectivity index (χ0n) is 16.1. The van der Waals surface area contributed by atoms with E-state index in [1.54, 1.807) is 35.6 Å². The Labute approximate surface area is 169 Å². The number of amides is 3. The van der Waals surface area contributed by atoms with E-state index in [9.17, 15) is 9.59 Å². The molecule has 2 aromatic rings. The van der Waals surface area contributed by atoms with Crippen LogP contribution >= 0.6 is 11.3 Å². The van der Waals surface area contributed by atoms with Crippen molar-refractivity contribution < 1.29 is 14.3 Å². The molecule has 1 aromatic heterocycles. The Hall–Kier alpha value is -2.42. The third-order valence-electron chi connectivity index (χ3n) is 4.58. The van der Waals surface area contributed by atoms with Crippen molar-refractivity contribution in [3.63, 3.8) is 0 Å². The van der Waals surface area contributed by atoms with Crippen molar-refractivity contribution in [2.75, 3.05) is 37.9 Å². The van der Waals surface area contributed by atoms with E-state index in [0.29, 0.717) is 24.5 Å². The fourth-order valence-electron chi connectivity index (χ4n) is 3.03. The Kier molecular flexibility index (Phi) is 7.02. The van der Waals surface area contributed by atoms with Gasteiger partial charge in [-0.2, -0.15) is 0 Å². The monoisotopic (exact) mass is 402 g/mol. The number of likely N-dealkylation sites (N-methyl/N-ethyl adjacent to an activating group) is 1. The third-order valence-corrected chi connectivity index (χ3v) is 5.56. The Morgan fingerprint density at radius 2 is 1.89 bits per heavy atom. The van der Waals surface area contributed by atoms with Crippen molar-refractivity contribution in [2.45, 2.75) is 25.0 Å². The number of hydrogen-bond donors (Lipinski definition) is 3. The lowest BCUT2D eigenvalue weighted by atomic mass is 10.2. The first-order valence-electron chi connectivity index (χ1n) is 9.30. The number of urea groups is 1. The summed E-state index contributed by atoms with van der Waals surface area (Å²) in [5.74, 6) is -0.126. The Morgan fingerprint density at radius 1 is 1.18 bits per heavy atom.